The lowest BCUT2D eigenvalue weighted by Gasteiger charge is -2.14. The fourth-order valence-electron chi connectivity index (χ4n) is 3.36. The van der Waals surface area contributed by atoms with Crippen molar-refractivity contribution in [3.63, 3.8) is 0 Å². The number of nitrogens with one attached hydrogen (secondary N) is 2. The third kappa shape index (κ3) is 4.54. The summed E-state index contributed by atoms with van der Waals surface area (Å²) in [6.07, 6.45) is 0. The fraction of sp³-hybridized carbons (Fsp3) is 0.125. The molecule has 1 aromatic heterocycles. The number of aryl methyl sites for hydroxylation is 2. The van der Waals surface area contributed by atoms with Crippen LogP contribution in [0.1, 0.15) is 21.5 Å². The lowest BCUT2D eigenvalue weighted by atomic mass is 10.1. The monoisotopic (exact) mass is 503 g/mol. The van der Waals surface area contributed by atoms with Crippen LogP contribution in [-0.4, -0.2) is 23.1 Å². The number of carbonyl (C=O) groups excluding carboxylic acids is 1. The van der Waals surface area contributed by atoms with E-state index in [2.05, 4.69) is 15.0 Å². The van der Waals surface area contributed by atoms with Gasteiger partial charge in [-0.25, -0.2) is 13.8 Å². The number of oxazole rings is 1. The van der Waals surface area contributed by atoms with Gasteiger partial charge in [0, 0.05) is 11.3 Å². The normalized spacial score (nSPS) is 10.9. The van der Waals surface area contributed by atoms with Crippen molar-refractivity contribution >= 4 is 40.0 Å². The van der Waals surface area contributed by atoms with Crippen LogP contribution < -0.4 is 15.4 Å². The number of fused-ring (bicyclic) bond motifs is 1. The van der Waals surface area contributed by atoms with Crippen molar-refractivity contribution in [2.45, 2.75) is 13.8 Å². The van der Waals surface area contributed by atoms with E-state index in [-0.39, 0.29) is 5.11 Å². The molecule has 35 heavy (non-hydrogen) atoms. The number of benzene rings is 3. The molecule has 4 aromatic rings. The smallest absolute Gasteiger partial charge is 0.263 e. The number of carbonyl (C=O) groups is 1. The van der Waals surface area contributed by atoms with Crippen molar-refractivity contribution in [2.75, 3.05) is 12.4 Å². The van der Waals surface area contributed by atoms with Crippen LogP contribution in [0.4, 0.5) is 23.2 Å². The first-order chi connectivity index (χ1) is 16.6. The molecule has 4 rings (SSSR count). The van der Waals surface area contributed by atoms with Crippen molar-refractivity contribution < 1.29 is 31.5 Å². The van der Waals surface area contributed by atoms with E-state index in [1.165, 1.54) is 0 Å². The van der Waals surface area contributed by atoms with Gasteiger partial charge in [0.25, 0.3) is 5.91 Å². The van der Waals surface area contributed by atoms with Crippen LogP contribution in [-0.2, 0) is 0 Å². The second-order valence-corrected chi connectivity index (χ2v) is 8.00. The van der Waals surface area contributed by atoms with Gasteiger partial charge < -0.3 is 14.5 Å². The zero-order chi connectivity index (χ0) is 25.4. The number of anilines is 1. The highest BCUT2D eigenvalue weighted by Crippen LogP contribution is 2.30. The molecule has 0 atom stereocenters. The van der Waals surface area contributed by atoms with Crippen molar-refractivity contribution in [1.82, 2.24) is 10.3 Å². The number of thiocarbonyl (C=S) groups is 1. The third-order valence-electron chi connectivity index (χ3n) is 5.16. The van der Waals surface area contributed by atoms with E-state index < -0.39 is 40.5 Å². The lowest BCUT2D eigenvalue weighted by molar-refractivity contribution is 0.0966. The number of halogens is 4. The van der Waals surface area contributed by atoms with E-state index in [0.717, 1.165) is 12.7 Å². The van der Waals surface area contributed by atoms with E-state index in [9.17, 15) is 22.4 Å². The molecule has 11 heteroatoms. The largest absolute Gasteiger partial charge is 0.491 e. The minimum Gasteiger partial charge on any atom is -0.491 e. The van der Waals surface area contributed by atoms with Crippen LogP contribution in [0.5, 0.6) is 5.75 Å². The van der Waals surface area contributed by atoms with E-state index in [0.29, 0.717) is 33.8 Å². The molecular weight excluding hydrogens is 486 g/mol. The lowest BCUT2D eigenvalue weighted by Crippen LogP contribution is -2.35. The highest BCUT2D eigenvalue weighted by molar-refractivity contribution is 7.80. The van der Waals surface area contributed by atoms with Crippen LogP contribution in [0.3, 0.4) is 0 Å². The van der Waals surface area contributed by atoms with Gasteiger partial charge in [-0.2, -0.15) is 8.78 Å². The molecule has 1 heterocycles. The molecule has 1 amide bonds. The fourth-order valence-corrected chi connectivity index (χ4v) is 3.56. The topological polar surface area (TPSA) is 76.4 Å². The molecule has 0 bridgehead atoms. The van der Waals surface area contributed by atoms with E-state index >= 15 is 0 Å². The van der Waals surface area contributed by atoms with Gasteiger partial charge in [0.2, 0.25) is 17.5 Å². The highest BCUT2D eigenvalue weighted by Gasteiger charge is 2.30. The van der Waals surface area contributed by atoms with Crippen molar-refractivity contribution in [3.05, 3.63) is 76.4 Å². The zero-order valence-electron chi connectivity index (χ0n) is 18.6. The summed E-state index contributed by atoms with van der Waals surface area (Å²) in [5.41, 5.74) is 2.56. The molecule has 0 radical (unpaired) electrons. The predicted octanol–water partition coefficient (Wildman–Crippen LogP) is 5.80. The van der Waals surface area contributed by atoms with E-state index in [1.807, 2.05) is 30.4 Å². The van der Waals surface area contributed by atoms with Crippen LogP contribution in [0.2, 0.25) is 0 Å². The van der Waals surface area contributed by atoms with E-state index in [4.69, 9.17) is 16.6 Å². The summed E-state index contributed by atoms with van der Waals surface area (Å²) in [4.78, 5) is 16.8. The maximum Gasteiger partial charge on any atom is 0.263 e. The maximum absolute atomic E-state index is 14.2. The minimum absolute atomic E-state index is 0.344. The molecule has 0 saturated heterocycles. The Labute approximate surface area is 201 Å². The molecule has 0 saturated carbocycles. The molecular formula is C24H17F4N3O3S. The van der Waals surface area contributed by atoms with E-state index in [1.54, 1.807) is 25.1 Å². The van der Waals surface area contributed by atoms with Gasteiger partial charge >= 0.3 is 0 Å². The Morgan fingerprint density at radius 3 is 2.34 bits per heavy atom. The molecule has 2 N–H and O–H groups in total. The Kier molecular flexibility index (Phi) is 6.44. The molecule has 180 valence electrons. The average molecular weight is 503 g/mol. The molecule has 0 spiro atoms. The second-order valence-electron chi connectivity index (χ2n) is 7.59. The quantitative estimate of drug-likeness (QED) is 0.208. The Hall–Kier alpha value is -3.99. The average Bonchev–Trinajstić information content (AvgIpc) is 3.23. The zero-order valence-corrected chi connectivity index (χ0v) is 19.4. The first kappa shape index (κ1) is 24.1. The van der Waals surface area contributed by atoms with Gasteiger partial charge in [0.05, 0.1) is 7.11 Å². The van der Waals surface area contributed by atoms with Gasteiger partial charge in [-0.05, 0) is 61.5 Å². The predicted molar refractivity (Wildman–Crippen MR) is 125 cm³/mol. The summed E-state index contributed by atoms with van der Waals surface area (Å²) in [6.45, 7) is 3.68. The number of rotatable bonds is 4. The number of aromatic nitrogens is 1. The number of nitrogens with zero attached hydrogens (tertiary/aromatic N) is 1. The summed E-state index contributed by atoms with van der Waals surface area (Å²) in [5, 5.41) is 4.39. The highest BCUT2D eigenvalue weighted by atomic mass is 32.1. The van der Waals surface area contributed by atoms with Crippen LogP contribution in [0.25, 0.3) is 22.6 Å². The minimum atomic E-state index is -1.91. The molecule has 0 aliphatic rings. The summed E-state index contributed by atoms with van der Waals surface area (Å²) in [7, 11) is 0.831. The molecule has 6 nitrogen and oxygen atoms in total. The summed E-state index contributed by atoms with van der Waals surface area (Å²) in [5.74, 6) is -9.92. The first-order valence-electron chi connectivity index (χ1n) is 10.1. The molecule has 3 aromatic carbocycles. The van der Waals surface area contributed by atoms with Crippen molar-refractivity contribution in [3.8, 4) is 17.2 Å². The number of amides is 1. The standard InChI is InChI=1S/C24H17F4N3O3S/c1-10-4-7-15-14(8-10)29-23(34-15)12-6-5-11(2)13(9-12)30-24(35)31-22(32)16-17(25)19(27)21(33-3)20(28)18(16)26/h4-9H,1-3H3,(H2,30,31,32,35). The Bertz CT molecular complexity index is 1470. The summed E-state index contributed by atoms with van der Waals surface area (Å²) in [6, 6.07) is 10.8. The number of ether oxygens (including phenoxy) is 1. The Morgan fingerprint density at radius 2 is 1.69 bits per heavy atom. The van der Waals surface area contributed by atoms with Gasteiger partial charge in [-0.1, -0.05) is 12.1 Å². The maximum atomic E-state index is 14.2. The van der Waals surface area contributed by atoms with Gasteiger partial charge in [0.15, 0.2) is 28.1 Å². The number of hydrogen-bond acceptors (Lipinski definition) is 5. The molecule has 0 unspecified atom stereocenters. The Morgan fingerprint density at radius 1 is 1.00 bits per heavy atom. The molecule has 0 fully saturated rings. The van der Waals surface area contributed by atoms with Gasteiger partial charge in [-0.3, -0.25) is 10.1 Å². The number of hydrogen-bond donors (Lipinski definition) is 2. The summed E-state index contributed by atoms with van der Waals surface area (Å²) >= 11 is 5.06. The van der Waals surface area contributed by atoms with Crippen LogP contribution >= 0.6 is 12.2 Å². The third-order valence-corrected chi connectivity index (χ3v) is 5.36. The van der Waals surface area contributed by atoms with Crippen LogP contribution in [0.15, 0.2) is 40.8 Å². The first-order valence-corrected chi connectivity index (χ1v) is 10.5. The van der Waals surface area contributed by atoms with Crippen molar-refractivity contribution in [2.24, 2.45) is 0 Å². The SMILES string of the molecule is COc1c(F)c(F)c(C(=O)NC(=S)Nc2cc(-c3nc4cc(C)ccc4o3)ccc2C)c(F)c1F. The Balaban J connectivity index is 1.57. The van der Waals surface area contributed by atoms with Crippen molar-refractivity contribution in [1.29, 1.82) is 0 Å². The molecule has 0 aliphatic heterocycles. The summed E-state index contributed by atoms with van der Waals surface area (Å²) < 4.78 is 66.5. The number of methoxy groups -OCH3 is 1. The van der Waals surface area contributed by atoms with Gasteiger partial charge in [0.1, 0.15) is 11.1 Å². The van der Waals surface area contributed by atoms with Gasteiger partial charge in [-0.15, -0.1) is 0 Å². The molecule has 0 aliphatic carbocycles. The second kappa shape index (κ2) is 9.34. The van der Waals surface area contributed by atoms with Crippen LogP contribution in [0, 0.1) is 37.1 Å².